The smallest absolute Gasteiger partial charge is 0.437 e. The molecular formula is C27H43N5O7. The second kappa shape index (κ2) is 13.8. The molecule has 3 amide bonds. The van der Waals surface area contributed by atoms with Gasteiger partial charge in [0.25, 0.3) is 0 Å². The second-order valence-corrected chi connectivity index (χ2v) is 11.7. The molecule has 0 saturated carbocycles. The predicted octanol–water partition coefficient (Wildman–Crippen LogP) is 5.05. The van der Waals surface area contributed by atoms with E-state index < -0.39 is 35.1 Å². The van der Waals surface area contributed by atoms with Crippen molar-refractivity contribution in [1.29, 1.82) is 5.41 Å². The molecule has 0 aliphatic rings. The Hall–Kier alpha value is -3.83. The Morgan fingerprint density at radius 3 is 1.79 bits per heavy atom. The monoisotopic (exact) mass is 549 g/mol. The number of nitrogens with one attached hydrogen (secondary N) is 3. The number of hydrogen-bond acceptors (Lipinski definition) is 8. The number of carbonyl (C=O) groups is 3. The normalized spacial score (nSPS) is 12.2. The van der Waals surface area contributed by atoms with E-state index in [0.29, 0.717) is 30.9 Å². The molecule has 0 spiro atoms. The number of hydrogen-bond donors (Lipinski definition) is 3. The van der Waals surface area contributed by atoms with Crippen molar-refractivity contribution in [3.8, 4) is 5.75 Å². The van der Waals surface area contributed by atoms with Crippen molar-refractivity contribution in [2.45, 2.75) is 85.5 Å². The molecule has 0 radical (unpaired) electrons. The highest BCUT2D eigenvalue weighted by Crippen LogP contribution is 2.14. The summed E-state index contributed by atoms with van der Waals surface area (Å²) in [4.78, 5) is 41.9. The van der Waals surface area contributed by atoms with Gasteiger partial charge in [-0.1, -0.05) is 0 Å². The van der Waals surface area contributed by atoms with Gasteiger partial charge >= 0.3 is 18.3 Å². The first kappa shape index (κ1) is 33.2. The van der Waals surface area contributed by atoms with Crippen LogP contribution in [-0.4, -0.2) is 72.0 Å². The number of alkyl carbamates (subject to hydrolysis) is 2. The van der Waals surface area contributed by atoms with Crippen molar-refractivity contribution in [3.05, 3.63) is 29.8 Å². The molecular weight excluding hydrogens is 506 g/mol. The van der Waals surface area contributed by atoms with Crippen LogP contribution in [0.25, 0.3) is 0 Å². The maximum atomic E-state index is 12.3. The van der Waals surface area contributed by atoms with Crippen molar-refractivity contribution in [3.63, 3.8) is 0 Å². The average Bonchev–Trinajstić information content (AvgIpc) is 2.72. The summed E-state index contributed by atoms with van der Waals surface area (Å²) >= 11 is 0. The third-order valence-corrected chi connectivity index (χ3v) is 4.24. The molecule has 0 heterocycles. The van der Waals surface area contributed by atoms with Gasteiger partial charge < -0.3 is 23.8 Å². The molecule has 1 aromatic carbocycles. The zero-order chi connectivity index (χ0) is 30.0. The number of nitrogens with zero attached hydrogens (tertiary/aromatic N) is 2. The van der Waals surface area contributed by atoms with Crippen molar-refractivity contribution < 1.29 is 33.3 Å². The molecule has 218 valence electrons. The predicted molar refractivity (Wildman–Crippen MR) is 148 cm³/mol. The highest BCUT2D eigenvalue weighted by molar-refractivity contribution is 6.04. The Labute approximate surface area is 230 Å². The first-order valence-corrected chi connectivity index (χ1v) is 12.6. The quantitative estimate of drug-likeness (QED) is 0.193. The Balaban J connectivity index is 2.69. The summed E-state index contributed by atoms with van der Waals surface area (Å²) in [6.45, 7) is 16.3. The molecule has 1 aromatic rings. The van der Waals surface area contributed by atoms with Gasteiger partial charge in [0.05, 0.1) is 6.61 Å². The number of rotatable bonds is 6. The standard InChI is InChI=1S/C27H43N5O7/c1-25(2,3)37-22(33)29-20(28)18-12-14-19(15-13-18)36-17-11-16-32(10)21(30-23(34)38-26(4,5)6)31-24(35)39-27(7,8)9/h12-15H,11,16-17H2,1-10H3,(H2,28,29,33)(H,30,31,34,35). The van der Waals surface area contributed by atoms with Crippen molar-refractivity contribution in [2.24, 2.45) is 4.99 Å². The van der Waals surface area contributed by atoms with E-state index in [-0.39, 0.29) is 11.8 Å². The van der Waals surface area contributed by atoms with Crippen molar-refractivity contribution in [1.82, 2.24) is 15.5 Å². The molecule has 0 aliphatic heterocycles. The third kappa shape index (κ3) is 15.2. The van der Waals surface area contributed by atoms with Crippen LogP contribution < -0.4 is 15.4 Å². The number of ether oxygens (including phenoxy) is 4. The lowest BCUT2D eigenvalue weighted by atomic mass is 10.2. The summed E-state index contributed by atoms with van der Waals surface area (Å²) in [6.07, 6.45) is -1.77. The van der Waals surface area contributed by atoms with E-state index in [1.54, 1.807) is 98.5 Å². The number of benzene rings is 1. The van der Waals surface area contributed by atoms with Crippen LogP contribution in [0.4, 0.5) is 14.4 Å². The summed E-state index contributed by atoms with van der Waals surface area (Å²) in [5, 5.41) is 12.9. The Morgan fingerprint density at radius 2 is 1.31 bits per heavy atom. The topological polar surface area (TPSA) is 152 Å². The van der Waals surface area contributed by atoms with Gasteiger partial charge in [0, 0.05) is 19.2 Å². The van der Waals surface area contributed by atoms with E-state index in [0.717, 1.165) is 0 Å². The highest BCUT2D eigenvalue weighted by Gasteiger charge is 2.22. The molecule has 12 nitrogen and oxygen atoms in total. The molecule has 39 heavy (non-hydrogen) atoms. The van der Waals surface area contributed by atoms with Crippen LogP contribution in [0.1, 0.15) is 74.3 Å². The van der Waals surface area contributed by atoms with Gasteiger partial charge in [-0.05, 0) is 93.0 Å². The molecule has 0 aromatic heterocycles. The van der Waals surface area contributed by atoms with Gasteiger partial charge in [0.15, 0.2) is 0 Å². The van der Waals surface area contributed by atoms with Crippen LogP contribution >= 0.6 is 0 Å². The number of guanidine groups is 1. The molecule has 12 heteroatoms. The molecule has 0 aliphatic carbocycles. The Kier molecular flexibility index (Phi) is 11.8. The molecule has 0 bridgehead atoms. The number of amidine groups is 1. The lowest BCUT2D eigenvalue weighted by Gasteiger charge is -2.25. The maximum Gasteiger partial charge on any atom is 0.437 e. The average molecular weight is 550 g/mol. The fourth-order valence-corrected chi connectivity index (χ4v) is 2.77. The minimum Gasteiger partial charge on any atom is -0.494 e. The van der Waals surface area contributed by atoms with Gasteiger partial charge in [-0.25, -0.2) is 14.4 Å². The minimum atomic E-state index is -0.844. The van der Waals surface area contributed by atoms with Crippen molar-refractivity contribution >= 4 is 30.1 Å². The van der Waals surface area contributed by atoms with Gasteiger partial charge in [0.1, 0.15) is 28.4 Å². The maximum absolute atomic E-state index is 12.3. The SMILES string of the molecule is CN(CCCOc1ccc(C(=N)NC(=O)OC(C)(C)C)cc1)/C(=N\C(=O)OC(C)(C)C)NC(=O)OC(C)(C)C. The first-order chi connectivity index (χ1) is 17.7. The van der Waals surface area contributed by atoms with E-state index in [1.165, 1.54) is 0 Å². The van der Waals surface area contributed by atoms with Crippen LogP contribution in [0.15, 0.2) is 29.3 Å². The largest absolute Gasteiger partial charge is 0.494 e. The lowest BCUT2D eigenvalue weighted by Crippen LogP contribution is -2.45. The van der Waals surface area contributed by atoms with Crippen molar-refractivity contribution in [2.75, 3.05) is 20.2 Å². The van der Waals surface area contributed by atoms with E-state index in [4.69, 9.17) is 24.4 Å². The summed E-state index contributed by atoms with van der Waals surface area (Å²) in [7, 11) is 1.67. The van der Waals surface area contributed by atoms with E-state index >= 15 is 0 Å². The van der Waals surface area contributed by atoms with Gasteiger partial charge in [-0.15, -0.1) is 4.99 Å². The molecule has 1 rings (SSSR count). The molecule has 0 unspecified atom stereocenters. The molecule has 0 saturated heterocycles. The second-order valence-electron chi connectivity index (χ2n) is 11.7. The van der Waals surface area contributed by atoms with Crippen LogP contribution in [0.5, 0.6) is 5.75 Å². The van der Waals surface area contributed by atoms with Crippen LogP contribution in [-0.2, 0) is 14.2 Å². The van der Waals surface area contributed by atoms with Crippen LogP contribution in [0.3, 0.4) is 0 Å². The summed E-state index contributed by atoms with van der Waals surface area (Å²) < 4.78 is 21.4. The fraction of sp³-hybridized carbons (Fsp3) is 0.593. The summed E-state index contributed by atoms with van der Waals surface area (Å²) in [5.74, 6) is 0.464. The fourth-order valence-electron chi connectivity index (χ4n) is 2.77. The van der Waals surface area contributed by atoms with Gasteiger partial charge in [-0.2, -0.15) is 0 Å². The zero-order valence-corrected chi connectivity index (χ0v) is 24.7. The van der Waals surface area contributed by atoms with E-state index in [9.17, 15) is 14.4 Å². The van der Waals surface area contributed by atoms with Crippen LogP contribution in [0.2, 0.25) is 0 Å². The minimum absolute atomic E-state index is 0.0150. The molecule has 0 fully saturated rings. The Bertz CT molecular complexity index is 1030. The molecule has 3 N–H and O–H groups in total. The zero-order valence-electron chi connectivity index (χ0n) is 24.7. The summed E-state index contributed by atoms with van der Waals surface area (Å²) in [5.41, 5.74) is -1.65. The van der Waals surface area contributed by atoms with E-state index in [1.807, 2.05) is 0 Å². The number of carbonyl (C=O) groups excluding carboxylic acids is 3. The number of aliphatic imine (C=N–C) groups is 1. The lowest BCUT2D eigenvalue weighted by molar-refractivity contribution is 0.0544. The summed E-state index contributed by atoms with van der Waals surface area (Å²) in [6, 6.07) is 6.67. The first-order valence-electron chi connectivity index (χ1n) is 12.6. The van der Waals surface area contributed by atoms with Gasteiger partial charge in [0.2, 0.25) is 5.96 Å². The molecule has 0 atom stereocenters. The Morgan fingerprint density at radius 1 is 0.821 bits per heavy atom. The highest BCUT2D eigenvalue weighted by atomic mass is 16.6. The third-order valence-electron chi connectivity index (χ3n) is 4.24. The van der Waals surface area contributed by atoms with Gasteiger partial charge in [-0.3, -0.25) is 16.0 Å². The number of amides is 3. The van der Waals surface area contributed by atoms with E-state index in [2.05, 4.69) is 15.6 Å². The van der Waals surface area contributed by atoms with Crippen LogP contribution in [0, 0.1) is 5.41 Å².